The van der Waals surface area contributed by atoms with E-state index in [4.69, 9.17) is 9.84 Å². The van der Waals surface area contributed by atoms with Crippen molar-refractivity contribution < 1.29 is 32.6 Å². The second-order valence-corrected chi connectivity index (χ2v) is 5.97. The van der Waals surface area contributed by atoms with Crippen molar-refractivity contribution in [3.8, 4) is 0 Å². The summed E-state index contributed by atoms with van der Waals surface area (Å²) in [5, 5.41) is 11.1. The zero-order chi connectivity index (χ0) is 17.8. The molecule has 128 valence electrons. The molecule has 0 aliphatic rings. The lowest BCUT2D eigenvalue weighted by Gasteiger charge is -2.23. The fourth-order valence-electron chi connectivity index (χ4n) is 1.86. The van der Waals surface area contributed by atoms with Crippen LogP contribution >= 0.6 is 0 Å². The highest BCUT2D eigenvalue weighted by Gasteiger charge is 2.24. The van der Waals surface area contributed by atoms with Gasteiger partial charge in [-0.2, -0.15) is 0 Å². The van der Waals surface area contributed by atoms with Gasteiger partial charge >= 0.3 is 12.1 Å². The molecule has 1 aromatic carbocycles. The maximum Gasteiger partial charge on any atom is 0.407 e. The first kappa shape index (κ1) is 18.8. The molecule has 2 N–H and O–H groups in total. The lowest BCUT2D eigenvalue weighted by Crippen LogP contribution is -2.41. The Bertz CT molecular complexity index is 599. The molecule has 0 unspecified atom stereocenters. The molecule has 1 aromatic rings. The van der Waals surface area contributed by atoms with Crippen molar-refractivity contribution in [3.63, 3.8) is 0 Å². The van der Waals surface area contributed by atoms with Crippen LogP contribution in [0.15, 0.2) is 12.1 Å². The van der Waals surface area contributed by atoms with Crippen molar-refractivity contribution in [2.45, 2.75) is 45.3 Å². The zero-order valence-electron chi connectivity index (χ0n) is 13.0. The Hall–Kier alpha value is -2.25. The molecule has 0 bridgehead atoms. The number of hydrogen-bond donors (Lipinski definition) is 2. The zero-order valence-corrected chi connectivity index (χ0v) is 13.0. The molecule has 1 rings (SSSR count). The third-order valence-corrected chi connectivity index (χ3v) is 2.73. The minimum Gasteiger partial charge on any atom is -0.481 e. The molecule has 0 saturated carbocycles. The Labute approximate surface area is 131 Å². The summed E-state index contributed by atoms with van der Waals surface area (Å²) in [4.78, 5) is 22.5. The lowest BCUT2D eigenvalue weighted by molar-refractivity contribution is -0.137. The predicted molar refractivity (Wildman–Crippen MR) is 75.4 cm³/mol. The van der Waals surface area contributed by atoms with E-state index in [1.54, 1.807) is 20.8 Å². The van der Waals surface area contributed by atoms with E-state index < -0.39 is 59.6 Å². The summed E-state index contributed by atoms with van der Waals surface area (Å²) in [6.45, 7) is 4.81. The molecule has 0 fully saturated rings. The monoisotopic (exact) mass is 333 g/mol. The van der Waals surface area contributed by atoms with Crippen molar-refractivity contribution in [1.82, 2.24) is 5.32 Å². The fourth-order valence-corrected chi connectivity index (χ4v) is 1.86. The summed E-state index contributed by atoms with van der Waals surface area (Å²) < 4.78 is 45.5. The maximum absolute atomic E-state index is 13.7. The van der Waals surface area contributed by atoms with Crippen LogP contribution in [0.1, 0.15) is 32.8 Å². The number of ether oxygens (including phenoxy) is 1. The molecule has 0 saturated heterocycles. The number of halogens is 3. The summed E-state index contributed by atoms with van der Waals surface area (Å²) in [6.07, 6.45) is -2.06. The number of carbonyl (C=O) groups excluding carboxylic acids is 1. The first-order chi connectivity index (χ1) is 10.5. The number of rotatable bonds is 5. The van der Waals surface area contributed by atoms with Gasteiger partial charge in [-0.1, -0.05) is 0 Å². The quantitative estimate of drug-likeness (QED) is 0.812. The number of aliphatic carboxylic acids is 1. The second kappa shape index (κ2) is 7.34. The molecule has 8 heteroatoms. The molecular weight excluding hydrogens is 315 g/mol. The third kappa shape index (κ3) is 6.17. The smallest absolute Gasteiger partial charge is 0.407 e. The van der Waals surface area contributed by atoms with Crippen molar-refractivity contribution in [2.24, 2.45) is 0 Å². The Kier molecular flexibility index (Phi) is 6.00. The maximum atomic E-state index is 13.7. The van der Waals surface area contributed by atoms with E-state index >= 15 is 0 Å². The van der Waals surface area contributed by atoms with E-state index in [1.807, 2.05) is 0 Å². The van der Waals surface area contributed by atoms with Crippen LogP contribution in [0.25, 0.3) is 0 Å². The molecule has 0 heterocycles. The van der Waals surface area contributed by atoms with Gasteiger partial charge in [-0.25, -0.2) is 18.0 Å². The number of carboxylic acid groups (broad SMARTS) is 1. The van der Waals surface area contributed by atoms with Gasteiger partial charge in [0.05, 0.1) is 6.42 Å². The molecule has 1 atom stereocenters. The lowest BCUT2D eigenvalue weighted by atomic mass is 10.0. The number of carbonyl (C=O) groups is 2. The van der Waals surface area contributed by atoms with E-state index in [1.165, 1.54) is 0 Å². The highest BCUT2D eigenvalue weighted by molar-refractivity contribution is 5.71. The van der Waals surface area contributed by atoms with Gasteiger partial charge in [0, 0.05) is 11.6 Å². The predicted octanol–water partition coefficient (Wildman–Crippen LogP) is 3.01. The largest absolute Gasteiger partial charge is 0.481 e. The molecule has 0 aliphatic heterocycles. The van der Waals surface area contributed by atoms with Crippen LogP contribution in [0.4, 0.5) is 18.0 Å². The van der Waals surface area contributed by atoms with E-state index in [0.717, 1.165) is 6.07 Å². The normalized spacial score (nSPS) is 12.6. The first-order valence-electron chi connectivity index (χ1n) is 6.83. The average Bonchev–Trinajstić information content (AvgIpc) is 2.36. The minimum atomic E-state index is -1.41. The SMILES string of the molecule is CC(C)(C)OC(=O)N[C@@H](CC(=O)O)Cc1c(F)ccc(F)c1F. The molecule has 0 spiro atoms. The van der Waals surface area contributed by atoms with E-state index in [0.29, 0.717) is 6.07 Å². The van der Waals surface area contributed by atoms with Crippen molar-refractivity contribution in [3.05, 3.63) is 35.1 Å². The summed E-state index contributed by atoms with van der Waals surface area (Å²) in [5.41, 5.74) is -1.46. The van der Waals surface area contributed by atoms with E-state index in [2.05, 4.69) is 5.32 Å². The first-order valence-corrected chi connectivity index (χ1v) is 6.83. The number of alkyl carbamates (subject to hydrolysis) is 1. The molecule has 1 amide bonds. The summed E-state index contributed by atoms with van der Waals surface area (Å²) in [7, 11) is 0. The van der Waals surface area contributed by atoms with Gasteiger partial charge in [0.1, 0.15) is 11.4 Å². The highest BCUT2D eigenvalue weighted by Crippen LogP contribution is 2.19. The standard InChI is InChI=1S/C15H18F3NO4/c1-15(2,3)23-14(22)19-8(7-12(20)21)6-9-10(16)4-5-11(17)13(9)18/h4-5,8H,6-7H2,1-3H3,(H,19,22)(H,20,21)/t8-/m1/s1. The van der Waals surface area contributed by atoms with Crippen LogP contribution in [0.2, 0.25) is 0 Å². The van der Waals surface area contributed by atoms with Gasteiger partial charge in [0.15, 0.2) is 11.6 Å². The second-order valence-electron chi connectivity index (χ2n) is 5.97. The number of amides is 1. The van der Waals surface area contributed by atoms with Crippen molar-refractivity contribution in [2.75, 3.05) is 0 Å². The van der Waals surface area contributed by atoms with Crippen LogP contribution in [-0.4, -0.2) is 28.8 Å². The molecule has 0 aliphatic carbocycles. The number of carboxylic acids is 1. The number of benzene rings is 1. The van der Waals surface area contributed by atoms with Crippen LogP contribution in [0, 0.1) is 17.5 Å². The Balaban J connectivity index is 2.94. The molecular formula is C15H18F3NO4. The van der Waals surface area contributed by atoms with E-state index in [9.17, 15) is 22.8 Å². The molecule has 5 nitrogen and oxygen atoms in total. The van der Waals surface area contributed by atoms with Crippen LogP contribution < -0.4 is 5.32 Å². The van der Waals surface area contributed by atoms with Gasteiger partial charge in [-0.15, -0.1) is 0 Å². The Morgan fingerprint density at radius 2 is 1.78 bits per heavy atom. The topological polar surface area (TPSA) is 75.6 Å². The highest BCUT2D eigenvalue weighted by atomic mass is 19.2. The van der Waals surface area contributed by atoms with Gasteiger partial charge in [0.25, 0.3) is 0 Å². The number of hydrogen-bond acceptors (Lipinski definition) is 3. The molecule has 0 aromatic heterocycles. The molecule has 23 heavy (non-hydrogen) atoms. The van der Waals surface area contributed by atoms with Crippen molar-refractivity contribution >= 4 is 12.1 Å². The Morgan fingerprint density at radius 3 is 2.30 bits per heavy atom. The van der Waals surface area contributed by atoms with Gasteiger partial charge in [-0.3, -0.25) is 4.79 Å². The Morgan fingerprint density at radius 1 is 1.22 bits per heavy atom. The minimum absolute atomic E-state index is 0.527. The van der Waals surface area contributed by atoms with Crippen LogP contribution in [0.5, 0.6) is 0 Å². The summed E-state index contributed by atoms with van der Waals surface area (Å²) >= 11 is 0. The van der Waals surface area contributed by atoms with Gasteiger partial charge in [0.2, 0.25) is 0 Å². The van der Waals surface area contributed by atoms with Gasteiger partial charge in [-0.05, 0) is 39.3 Å². The summed E-state index contributed by atoms with van der Waals surface area (Å²) in [5.74, 6) is -4.98. The third-order valence-electron chi connectivity index (χ3n) is 2.73. The molecule has 0 radical (unpaired) electrons. The van der Waals surface area contributed by atoms with Gasteiger partial charge < -0.3 is 15.2 Å². The summed E-state index contributed by atoms with van der Waals surface area (Å²) in [6, 6.07) is 0.203. The fraction of sp³-hybridized carbons (Fsp3) is 0.467. The van der Waals surface area contributed by atoms with Crippen LogP contribution in [0.3, 0.4) is 0 Å². The van der Waals surface area contributed by atoms with Crippen LogP contribution in [-0.2, 0) is 16.0 Å². The average molecular weight is 333 g/mol. The van der Waals surface area contributed by atoms with Crippen molar-refractivity contribution in [1.29, 1.82) is 0 Å². The number of nitrogens with one attached hydrogen (secondary N) is 1. The van der Waals surface area contributed by atoms with E-state index in [-0.39, 0.29) is 0 Å².